The molecule has 1 aromatic rings. The smallest absolute Gasteiger partial charge is 0.239 e. The average molecular weight is 323 g/mol. The summed E-state index contributed by atoms with van der Waals surface area (Å²) < 4.78 is 0.934. The van der Waals surface area contributed by atoms with Crippen LogP contribution in [0.15, 0.2) is 28.7 Å². The van der Waals surface area contributed by atoms with Crippen LogP contribution in [0.2, 0.25) is 0 Å². The largest absolute Gasteiger partial charge is 0.353 e. The van der Waals surface area contributed by atoms with E-state index in [0.717, 1.165) is 23.0 Å². The first-order valence-electron chi connectivity index (χ1n) is 6.52. The summed E-state index contributed by atoms with van der Waals surface area (Å²) in [7, 11) is 0. The lowest BCUT2D eigenvalue weighted by Crippen LogP contribution is -2.37. The Hall–Kier alpha value is -1.36. The second kappa shape index (κ2) is 4.96. The van der Waals surface area contributed by atoms with Crippen LogP contribution in [0, 0.1) is 5.92 Å². The number of benzene rings is 1. The molecule has 0 radical (unpaired) electrons. The Morgan fingerprint density at radius 1 is 1.32 bits per heavy atom. The first-order chi connectivity index (χ1) is 9.15. The van der Waals surface area contributed by atoms with Gasteiger partial charge in [0.15, 0.2) is 0 Å². The van der Waals surface area contributed by atoms with Crippen molar-refractivity contribution in [1.29, 1.82) is 0 Å². The van der Waals surface area contributed by atoms with E-state index in [1.165, 1.54) is 0 Å². The Kier molecular flexibility index (Phi) is 3.31. The quantitative estimate of drug-likeness (QED) is 0.866. The van der Waals surface area contributed by atoms with E-state index in [1.54, 1.807) is 4.90 Å². The maximum atomic E-state index is 12.3. The van der Waals surface area contributed by atoms with Crippen LogP contribution in [0.3, 0.4) is 0 Å². The monoisotopic (exact) mass is 322 g/mol. The van der Waals surface area contributed by atoms with Crippen molar-refractivity contribution in [3.8, 4) is 0 Å². The lowest BCUT2D eigenvalue weighted by Gasteiger charge is -2.17. The number of anilines is 1. The van der Waals surface area contributed by atoms with Crippen LogP contribution >= 0.6 is 15.9 Å². The fourth-order valence-corrected chi connectivity index (χ4v) is 2.74. The second-order valence-corrected chi connectivity index (χ2v) is 6.01. The molecule has 1 aromatic carbocycles. The van der Waals surface area contributed by atoms with E-state index in [2.05, 4.69) is 21.2 Å². The zero-order valence-electron chi connectivity index (χ0n) is 10.4. The molecule has 1 aliphatic heterocycles. The summed E-state index contributed by atoms with van der Waals surface area (Å²) in [5.41, 5.74) is 0.848. The Bertz CT molecular complexity index is 528. The highest BCUT2D eigenvalue weighted by atomic mass is 79.9. The second-order valence-electron chi connectivity index (χ2n) is 5.09. The third kappa shape index (κ3) is 2.66. The van der Waals surface area contributed by atoms with Crippen LogP contribution in [0.4, 0.5) is 5.69 Å². The third-order valence-electron chi connectivity index (χ3n) is 3.57. The molecule has 0 bridgehead atoms. The number of carbonyl (C=O) groups excluding carboxylic acids is 2. The molecular formula is C14H15BrN2O2. The average Bonchev–Trinajstić information content (AvgIpc) is 3.10. The summed E-state index contributed by atoms with van der Waals surface area (Å²) in [6.07, 6.45) is 2.69. The number of carbonyl (C=O) groups is 2. The van der Waals surface area contributed by atoms with Crippen LogP contribution in [0.25, 0.3) is 0 Å². The summed E-state index contributed by atoms with van der Waals surface area (Å²) in [6, 6.07) is 7.91. The maximum Gasteiger partial charge on any atom is 0.239 e. The fourth-order valence-electron chi connectivity index (χ4n) is 2.35. The summed E-state index contributed by atoms with van der Waals surface area (Å²) in [5.74, 6) is -0.708. The Morgan fingerprint density at radius 2 is 2.11 bits per heavy atom. The molecular weight excluding hydrogens is 308 g/mol. The standard InChI is InChI=1S/C14H15BrN2O2/c15-9-2-1-3-11(8-9)17-7-6-12(14(17)19)13(18)16-10-4-5-10/h1-3,8,10,12H,4-7H2,(H,16,18). The van der Waals surface area contributed by atoms with E-state index in [0.29, 0.717) is 19.0 Å². The molecule has 1 unspecified atom stereocenters. The number of amides is 2. The lowest BCUT2D eigenvalue weighted by atomic mass is 10.1. The van der Waals surface area contributed by atoms with Crippen LogP contribution < -0.4 is 10.2 Å². The van der Waals surface area contributed by atoms with Gasteiger partial charge in [-0.15, -0.1) is 0 Å². The topological polar surface area (TPSA) is 49.4 Å². The lowest BCUT2D eigenvalue weighted by molar-refractivity contribution is -0.132. The van der Waals surface area contributed by atoms with E-state index >= 15 is 0 Å². The molecule has 2 amide bonds. The van der Waals surface area contributed by atoms with Gasteiger partial charge in [-0.3, -0.25) is 9.59 Å². The van der Waals surface area contributed by atoms with E-state index in [-0.39, 0.29) is 11.8 Å². The molecule has 1 atom stereocenters. The minimum Gasteiger partial charge on any atom is -0.353 e. The Balaban J connectivity index is 1.72. The fraction of sp³-hybridized carbons (Fsp3) is 0.429. The maximum absolute atomic E-state index is 12.3. The molecule has 0 aromatic heterocycles. The minimum atomic E-state index is -0.514. The van der Waals surface area contributed by atoms with Crippen molar-refractivity contribution in [2.75, 3.05) is 11.4 Å². The predicted molar refractivity (Wildman–Crippen MR) is 75.8 cm³/mol. The first-order valence-corrected chi connectivity index (χ1v) is 7.32. The van der Waals surface area contributed by atoms with Gasteiger partial charge < -0.3 is 10.2 Å². The summed E-state index contributed by atoms with van der Waals surface area (Å²) in [5, 5.41) is 2.91. The number of hydrogen-bond donors (Lipinski definition) is 1. The van der Waals surface area contributed by atoms with Gasteiger partial charge in [-0.1, -0.05) is 22.0 Å². The van der Waals surface area contributed by atoms with Crippen molar-refractivity contribution in [3.63, 3.8) is 0 Å². The summed E-state index contributed by atoms with van der Waals surface area (Å²) >= 11 is 3.40. The van der Waals surface area contributed by atoms with E-state index in [9.17, 15) is 9.59 Å². The molecule has 1 saturated carbocycles. The molecule has 100 valence electrons. The van der Waals surface area contributed by atoms with E-state index in [4.69, 9.17) is 0 Å². The molecule has 5 heteroatoms. The minimum absolute atomic E-state index is 0.0868. The molecule has 2 fully saturated rings. The van der Waals surface area contributed by atoms with Gasteiger partial charge in [0.05, 0.1) is 0 Å². The molecule has 1 N–H and O–H groups in total. The number of rotatable bonds is 3. The summed E-state index contributed by atoms with van der Waals surface area (Å²) in [6.45, 7) is 0.609. The van der Waals surface area contributed by atoms with E-state index in [1.807, 2.05) is 24.3 Å². The molecule has 3 rings (SSSR count). The van der Waals surface area contributed by atoms with Gasteiger partial charge in [-0.25, -0.2) is 0 Å². The van der Waals surface area contributed by atoms with Crippen LogP contribution in [0.5, 0.6) is 0 Å². The van der Waals surface area contributed by atoms with Crippen LogP contribution in [-0.4, -0.2) is 24.4 Å². The van der Waals surface area contributed by atoms with Crippen LogP contribution in [-0.2, 0) is 9.59 Å². The normalized spacial score (nSPS) is 22.7. The van der Waals surface area contributed by atoms with Gasteiger partial charge in [-0.05, 0) is 37.5 Å². The number of nitrogens with one attached hydrogen (secondary N) is 1. The SMILES string of the molecule is O=C(NC1CC1)C1CCN(c2cccc(Br)c2)C1=O. The van der Waals surface area contributed by atoms with Crippen molar-refractivity contribution in [2.45, 2.75) is 25.3 Å². The van der Waals surface area contributed by atoms with Crippen molar-refractivity contribution >= 4 is 33.4 Å². The van der Waals surface area contributed by atoms with Crippen LogP contribution in [0.1, 0.15) is 19.3 Å². The highest BCUT2D eigenvalue weighted by Gasteiger charge is 2.39. The van der Waals surface area contributed by atoms with E-state index < -0.39 is 5.92 Å². The molecule has 1 saturated heterocycles. The summed E-state index contributed by atoms with van der Waals surface area (Å²) in [4.78, 5) is 26.0. The number of hydrogen-bond acceptors (Lipinski definition) is 2. The van der Waals surface area contributed by atoms with Gasteiger partial charge in [0.1, 0.15) is 5.92 Å². The van der Waals surface area contributed by atoms with Gasteiger partial charge in [0.2, 0.25) is 11.8 Å². The zero-order valence-corrected chi connectivity index (χ0v) is 12.0. The number of halogens is 1. The third-order valence-corrected chi connectivity index (χ3v) is 4.06. The molecule has 4 nitrogen and oxygen atoms in total. The van der Waals surface area contributed by atoms with Crippen molar-refractivity contribution in [2.24, 2.45) is 5.92 Å². The molecule has 0 spiro atoms. The first kappa shape index (κ1) is 12.7. The highest BCUT2D eigenvalue weighted by Crippen LogP contribution is 2.28. The molecule has 1 heterocycles. The van der Waals surface area contributed by atoms with Crippen molar-refractivity contribution < 1.29 is 9.59 Å². The molecule has 2 aliphatic rings. The zero-order chi connectivity index (χ0) is 13.4. The van der Waals surface area contributed by atoms with Gasteiger partial charge in [0.25, 0.3) is 0 Å². The van der Waals surface area contributed by atoms with Gasteiger partial charge in [-0.2, -0.15) is 0 Å². The van der Waals surface area contributed by atoms with Gasteiger partial charge >= 0.3 is 0 Å². The Labute approximate surface area is 120 Å². The molecule has 19 heavy (non-hydrogen) atoms. The predicted octanol–water partition coefficient (Wildman–Crippen LogP) is 2.08. The molecule has 1 aliphatic carbocycles. The van der Waals surface area contributed by atoms with Crippen molar-refractivity contribution in [3.05, 3.63) is 28.7 Å². The van der Waals surface area contributed by atoms with Gasteiger partial charge in [0, 0.05) is 22.7 Å². The van der Waals surface area contributed by atoms with Crippen molar-refractivity contribution in [1.82, 2.24) is 5.32 Å². The highest BCUT2D eigenvalue weighted by molar-refractivity contribution is 9.10. The Morgan fingerprint density at radius 3 is 2.79 bits per heavy atom. The number of nitrogens with zero attached hydrogens (tertiary/aromatic N) is 1.